The predicted molar refractivity (Wildman–Crippen MR) is 90.4 cm³/mol. The number of nitrogens with zero attached hydrogens (tertiary/aromatic N) is 1. The van der Waals surface area contributed by atoms with Crippen molar-refractivity contribution in [3.8, 4) is 0 Å². The first kappa shape index (κ1) is 15.1. The number of aryl methyl sites for hydroxylation is 2. The zero-order valence-corrected chi connectivity index (χ0v) is 13.0. The van der Waals surface area contributed by atoms with Crippen molar-refractivity contribution < 1.29 is 9.21 Å². The molecule has 2 N–H and O–H groups in total. The maximum Gasteiger partial charge on any atom is 0.240 e. The Morgan fingerprint density at radius 1 is 1.30 bits per heavy atom. The monoisotopic (exact) mass is 309 g/mol. The highest BCUT2D eigenvalue weighted by Gasteiger charge is 2.05. The molecular formula is C18H19N3O2. The molecule has 0 atom stereocenters. The van der Waals surface area contributed by atoms with Gasteiger partial charge in [-0.25, -0.2) is 5.43 Å². The Bertz CT molecular complexity index is 830. The van der Waals surface area contributed by atoms with Gasteiger partial charge in [-0.3, -0.25) is 4.79 Å². The van der Waals surface area contributed by atoms with Gasteiger partial charge in [-0.05, 0) is 43.5 Å². The quantitative estimate of drug-likeness (QED) is 0.540. The summed E-state index contributed by atoms with van der Waals surface area (Å²) in [6, 6.07) is 11.8. The second-order valence-electron chi connectivity index (χ2n) is 5.45. The number of H-pyrrole nitrogens is 1. The largest absolute Gasteiger partial charge is 0.460 e. The minimum atomic E-state index is -0.0932. The lowest BCUT2D eigenvalue weighted by Gasteiger charge is -2.00. The van der Waals surface area contributed by atoms with Gasteiger partial charge in [0.1, 0.15) is 11.5 Å². The molecule has 0 aliphatic heterocycles. The van der Waals surface area contributed by atoms with Gasteiger partial charge in [-0.1, -0.05) is 18.2 Å². The van der Waals surface area contributed by atoms with Crippen LogP contribution in [0.3, 0.4) is 0 Å². The van der Waals surface area contributed by atoms with Gasteiger partial charge < -0.3 is 9.40 Å². The number of hydrazone groups is 1. The molecule has 1 aromatic carbocycles. The number of nitrogens with one attached hydrogen (secondary N) is 2. The van der Waals surface area contributed by atoms with E-state index in [2.05, 4.69) is 27.6 Å². The summed E-state index contributed by atoms with van der Waals surface area (Å²) in [7, 11) is 0. The topological polar surface area (TPSA) is 70.4 Å². The molecular weight excluding hydrogens is 290 g/mol. The third-order valence-electron chi connectivity index (χ3n) is 3.67. The first-order chi connectivity index (χ1) is 11.2. The van der Waals surface area contributed by atoms with Crippen molar-refractivity contribution in [3.63, 3.8) is 0 Å². The molecule has 0 saturated heterocycles. The lowest BCUT2D eigenvalue weighted by molar-refractivity contribution is -0.121. The molecule has 0 bridgehead atoms. The van der Waals surface area contributed by atoms with Gasteiger partial charge in [-0.15, -0.1) is 0 Å². The highest BCUT2D eigenvalue weighted by atomic mass is 16.3. The molecule has 0 aliphatic carbocycles. The van der Waals surface area contributed by atoms with E-state index in [4.69, 9.17) is 4.42 Å². The minimum absolute atomic E-state index is 0.0932. The highest BCUT2D eigenvalue weighted by molar-refractivity contribution is 5.83. The van der Waals surface area contributed by atoms with E-state index in [1.54, 1.807) is 0 Å². The number of benzene rings is 1. The third kappa shape index (κ3) is 3.88. The van der Waals surface area contributed by atoms with E-state index >= 15 is 0 Å². The zero-order valence-electron chi connectivity index (χ0n) is 13.0. The second-order valence-corrected chi connectivity index (χ2v) is 5.45. The van der Waals surface area contributed by atoms with Crippen molar-refractivity contribution in [2.24, 2.45) is 5.10 Å². The van der Waals surface area contributed by atoms with Crippen LogP contribution in [0.5, 0.6) is 0 Å². The van der Waals surface area contributed by atoms with Crippen LogP contribution in [-0.4, -0.2) is 17.1 Å². The summed E-state index contributed by atoms with van der Waals surface area (Å²) in [5.74, 6) is 1.35. The van der Waals surface area contributed by atoms with Gasteiger partial charge in [0.05, 0.1) is 6.21 Å². The smallest absolute Gasteiger partial charge is 0.240 e. The van der Waals surface area contributed by atoms with Crippen LogP contribution in [0.25, 0.3) is 10.9 Å². The summed E-state index contributed by atoms with van der Waals surface area (Å²) in [6.45, 7) is 1.86. The predicted octanol–water partition coefficient (Wildman–Crippen LogP) is 3.54. The van der Waals surface area contributed by atoms with Crippen molar-refractivity contribution in [1.29, 1.82) is 0 Å². The average molecular weight is 309 g/mol. The molecule has 0 unspecified atom stereocenters. The Morgan fingerprint density at radius 2 is 2.17 bits per heavy atom. The molecule has 0 saturated carbocycles. The van der Waals surface area contributed by atoms with Crippen molar-refractivity contribution in [1.82, 2.24) is 10.4 Å². The summed E-state index contributed by atoms with van der Waals surface area (Å²) in [6.07, 6.45) is 5.60. The summed E-state index contributed by atoms with van der Waals surface area (Å²) in [4.78, 5) is 15.0. The van der Waals surface area contributed by atoms with E-state index in [0.29, 0.717) is 12.2 Å². The number of rotatable bonds is 6. The number of amides is 1. The number of aromatic amines is 1. The van der Waals surface area contributed by atoms with E-state index in [-0.39, 0.29) is 5.91 Å². The second kappa shape index (κ2) is 6.96. The average Bonchev–Trinajstić information content (AvgIpc) is 3.14. The molecule has 5 nitrogen and oxygen atoms in total. The molecule has 3 rings (SSSR count). The Morgan fingerprint density at radius 3 is 3.00 bits per heavy atom. The summed E-state index contributed by atoms with van der Waals surface area (Å²) in [5, 5.41) is 5.12. The van der Waals surface area contributed by atoms with Crippen LogP contribution in [-0.2, 0) is 11.2 Å². The van der Waals surface area contributed by atoms with Crippen molar-refractivity contribution in [2.75, 3.05) is 0 Å². The van der Waals surface area contributed by atoms with Gasteiger partial charge in [0.15, 0.2) is 0 Å². The standard InChI is InChI=1S/C18H19N3O2/c1-13-9-10-15(23-13)12-20-21-18(22)8-4-5-14-11-19-17-7-3-2-6-16(14)17/h2-3,6-7,9-12,19H,4-5,8H2,1H3,(H,21,22)/b20-12+. The van der Waals surface area contributed by atoms with Gasteiger partial charge in [0, 0.05) is 23.5 Å². The zero-order chi connectivity index (χ0) is 16.1. The summed E-state index contributed by atoms with van der Waals surface area (Å²) in [5.41, 5.74) is 4.89. The number of fused-ring (bicyclic) bond motifs is 1. The number of hydrogen-bond acceptors (Lipinski definition) is 3. The lowest BCUT2D eigenvalue weighted by atomic mass is 10.1. The van der Waals surface area contributed by atoms with E-state index in [9.17, 15) is 4.79 Å². The maximum absolute atomic E-state index is 11.8. The van der Waals surface area contributed by atoms with Crippen molar-refractivity contribution in [3.05, 3.63) is 59.7 Å². The molecule has 0 aliphatic rings. The molecule has 2 heterocycles. The van der Waals surface area contributed by atoms with E-state index in [0.717, 1.165) is 24.1 Å². The molecule has 1 amide bonds. The highest BCUT2D eigenvalue weighted by Crippen LogP contribution is 2.19. The number of carbonyl (C=O) groups excluding carboxylic acids is 1. The molecule has 118 valence electrons. The van der Waals surface area contributed by atoms with E-state index in [1.165, 1.54) is 17.2 Å². The van der Waals surface area contributed by atoms with E-state index in [1.807, 2.05) is 37.4 Å². The fourth-order valence-corrected chi connectivity index (χ4v) is 2.52. The number of carbonyl (C=O) groups is 1. The Hall–Kier alpha value is -2.82. The molecule has 23 heavy (non-hydrogen) atoms. The summed E-state index contributed by atoms with van der Waals surface area (Å²) >= 11 is 0. The molecule has 5 heteroatoms. The van der Waals surface area contributed by atoms with Crippen molar-refractivity contribution in [2.45, 2.75) is 26.2 Å². The van der Waals surface area contributed by atoms with Crippen LogP contribution in [0.2, 0.25) is 0 Å². The molecule has 0 fully saturated rings. The Kier molecular flexibility index (Phi) is 4.57. The minimum Gasteiger partial charge on any atom is -0.460 e. The van der Waals surface area contributed by atoms with Crippen LogP contribution >= 0.6 is 0 Å². The maximum atomic E-state index is 11.8. The van der Waals surface area contributed by atoms with Gasteiger partial charge in [-0.2, -0.15) is 5.10 Å². The van der Waals surface area contributed by atoms with E-state index < -0.39 is 0 Å². The third-order valence-corrected chi connectivity index (χ3v) is 3.67. The Balaban J connectivity index is 1.45. The van der Waals surface area contributed by atoms with Gasteiger partial charge in [0.2, 0.25) is 5.91 Å². The van der Waals surface area contributed by atoms with Crippen LogP contribution in [0.1, 0.15) is 29.9 Å². The van der Waals surface area contributed by atoms with Crippen LogP contribution in [0.15, 0.2) is 52.1 Å². The number of aromatic nitrogens is 1. The number of furan rings is 1. The normalized spacial score (nSPS) is 11.3. The first-order valence-corrected chi connectivity index (χ1v) is 7.66. The molecule has 2 aromatic heterocycles. The van der Waals surface area contributed by atoms with Crippen LogP contribution in [0.4, 0.5) is 0 Å². The van der Waals surface area contributed by atoms with Gasteiger partial charge >= 0.3 is 0 Å². The fraction of sp³-hybridized carbons (Fsp3) is 0.222. The van der Waals surface area contributed by atoms with Gasteiger partial charge in [0.25, 0.3) is 0 Å². The fourth-order valence-electron chi connectivity index (χ4n) is 2.52. The lowest BCUT2D eigenvalue weighted by Crippen LogP contribution is -2.17. The molecule has 0 spiro atoms. The van der Waals surface area contributed by atoms with Crippen LogP contribution < -0.4 is 5.43 Å². The number of hydrogen-bond donors (Lipinski definition) is 2. The van der Waals surface area contributed by atoms with Crippen LogP contribution in [0, 0.1) is 6.92 Å². The first-order valence-electron chi connectivity index (χ1n) is 7.66. The SMILES string of the molecule is Cc1ccc(/C=N/NC(=O)CCCc2c[nH]c3ccccc23)o1. The van der Waals surface area contributed by atoms with Crippen molar-refractivity contribution >= 4 is 23.0 Å². The number of para-hydroxylation sites is 1. The molecule has 0 radical (unpaired) electrons. The molecule has 3 aromatic rings. The summed E-state index contributed by atoms with van der Waals surface area (Å²) < 4.78 is 5.33. The Labute approximate surface area is 134 Å².